The number of thiazole rings is 1. The third-order valence-electron chi connectivity index (χ3n) is 4.82. The van der Waals surface area contributed by atoms with Crippen molar-refractivity contribution in [2.45, 2.75) is 13.3 Å². The lowest BCUT2D eigenvalue weighted by molar-refractivity contribution is -0.115. The largest absolute Gasteiger partial charge is 0.310 e. The van der Waals surface area contributed by atoms with Gasteiger partial charge in [-0.05, 0) is 31.2 Å². The summed E-state index contributed by atoms with van der Waals surface area (Å²) in [7, 11) is 0. The summed E-state index contributed by atoms with van der Waals surface area (Å²) in [6.45, 7) is 1.71. The normalized spacial score (nSPS) is 11.4. The van der Waals surface area contributed by atoms with E-state index >= 15 is 0 Å². The number of aryl methyl sites for hydroxylation is 1. The topological polar surface area (TPSA) is 96.6 Å². The second-order valence-electron chi connectivity index (χ2n) is 6.73. The summed E-state index contributed by atoms with van der Waals surface area (Å²) in [5.74, 6) is -0.261. The number of benzene rings is 1. The molecule has 150 valence electrons. The number of carbonyl (C=O) groups is 1. The molecule has 5 aromatic rings. The van der Waals surface area contributed by atoms with Gasteiger partial charge in [0.15, 0.2) is 10.6 Å². The summed E-state index contributed by atoms with van der Waals surface area (Å²) in [6.07, 6.45) is 3.27. The molecule has 0 unspecified atom stereocenters. The number of nitrogens with zero attached hydrogens (tertiary/aromatic N) is 4. The molecule has 8 nitrogen and oxygen atoms in total. The van der Waals surface area contributed by atoms with Crippen LogP contribution >= 0.6 is 11.3 Å². The molecule has 4 heterocycles. The molecule has 5 rings (SSSR count). The molecule has 0 fully saturated rings. The highest BCUT2D eigenvalue weighted by molar-refractivity contribution is 7.15. The van der Waals surface area contributed by atoms with Crippen molar-refractivity contribution in [3.05, 3.63) is 75.5 Å². The molecule has 2 N–H and O–H groups in total. The fraction of sp³-hybridized carbons (Fsp3) is 0.100. The van der Waals surface area contributed by atoms with E-state index in [1.165, 1.54) is 28.0 Å². The number of halogens is 1. The zero-order chi connectivity index (χ0) is 20.8. The summed E-state index contributed by atoms with van der Waals surface area (Å²) < 4.78 is 16.4. The first-order valence-corrected chi connectivity index (χ1v) is 9.96. The Labute approximate surface area is 172 Å². The Bertz CT molecular complexity index is 1460. The predicted molar refractivity (Wildman–Crippen MR) is 111 cm³/mol. The van der Waals surface area contributed by atoms with E-state index in [0.717, 1.165) is 0 Å². The standard InChI is InChI=1S/C20H15FN6O2S/c1-11-14(19(29)27-15(23-11)6-7-22-27)10-16(28)24-18-17(12-2-4-13(21)5-3-12)25-20-26(18)8-9-30-20/h2-9,22H,10H2,1H3,(H,24,28). The Morgan fingerprint density at radius 1 is 1.23 bits per heavy atom. The summed E-state index contributed by atoms with van der Waals surface area (Å²) in [4.78, 5) is 35.2. The molecule has 0 aliphatic heterocycles. The van der Waals surface area contributed by atoms with Gasteiger partial charge < -0.3 is 5.32 Å². The van der Waals surface area contributed by atoms with Gasteiger partial charge in [-0.15, -0.1) is 11.3 Å². The molecule has 4 aromatic heterocycles. The van der Waals surface area contributed by atoms with Crippen LogP contribution in [0.2, 0.25) is 0 Å². The van der Waals surface area contributed by atoms with Gasteiger partial charge in [0.1, 0.15) is 17.3 Å². The van der Waals surface area contributed by atoms with Crippen LogP contribution < -0.4 is 10.9 Å². The van der Waals surface area contributed by atoms with Gasteiger partial charge >= 0.3 is 0 Å². The van der Waals surface area contributed by atoms with Crippen molar-refractivity contribution < 1.29 is 9.18 Å². The van der Waals surface area contributed by atoms with Gasteiger partial charge in [0.2, 0.25) is 5.91 Å². The number of aromatic nitrogens is 5. The van der Waals surface area contributed by atoms with E-state index in [1.807, 2.05) is 5.38 Å². The second-order valence-corrected chi connectivity index (χ2v) is 7.61. The van der Waals surface area contributed by atoms with Gasteiger partial charge in [-0.25, -0.2) is 18.9 Å². The summed E-state index contributed by atoms with van der Waals surface area (Å²) >= 11 is 1.42. The zero-order valence-corrected chi connectivity index (χ0v) is 16.5. The van der Waals surface area contributed by atoms with Gasteiger partial charge in [-0.3, -0.25) is 19.1 Å². The smallest absolute Gasteiger partial charge is 0.276 e. The molecule has 0 bridgehead atoms. The van der Waals surface area contributed by atoms with E-state index in [-0.39, 0.29) is 23.7 Å². The highest BCUT2D eigenvalue weighted by atomic mass is 32.1. The molecular formula is C20H15FN6O2S. The number of nitrogens with one attached hydrogen (secondary N) is 2. The number of anilines is 1. The first kappa shape index (κ1) is 18.3. The van der Waals surface area contributed by atoms with Gasteiger partial charge in [0, 0.05) is 40.7 Å². The number of hydrogen-bond donors (Lipinski definition) is 2. The van der Waals surface area contributed by atoms with Crippen LogP contribution in [0.4, 0.5) is 10.2 Å². The number of aromatic amines is 1. The van der Waals surface area contributed by atoms with Crippen LogP contribution in [0.1, 0.15) is 11.3 Å². The van der Waals surface area contributed by atoms with Crippen LogP contribution in [-0.4, -0.2) is 29.9 Å². The number of imidazole rings is 1. The van der Waals surface area contributed by atoms with Crippen molar-refractivity contribution in [3.63, 3.8) is 0 Å². The number of carbonyl (C=O) groups excluding carboxylic acids is 1. The van der Waals surface area contributed by atoms with Crippen molar-refractivity contribution in [1.29, 1.82) is 0 Å². The lowest BCUT2D eigenvalue weighted by Crippen LogP contribution is -2.26. The van der Waals surface area contributed by atoms with Crippen LogP contribution in [0.3, 0.4) is 0 Å². The highest BCUT2D eigenvalue weighted by Gasteiger charge is 2.20. The molecule has 1 amide bonds. The summed E-state index contributed by atoms with van der Waals surface area (Å²) in [5, 5.41) is 7.52. The van der Waals surface area contributed by atoms with Crippen LogP contribution in [0.5, 0.6) is 0 Å². The third-order valence-corrected chi connectivity index (χ3v) is 5.58. The van der Waals surface area contributed by atoms with E-state index in [1.54, 1.807) is 41.9 Å². The Morgan fingerprint density at radius 3 is 2.83 bits per heavy atom. The Hall–Kier alpha value is -3.79. The quantitative estimate of drug-likeness (QED) is 0.465. The van der Waals surface area contributed by atoms with E-state index in [9.17, 15) is 14.0 Å². The van der Waals surface area contributed by atoms with Gasteiger partial charge in [0.05, 0.1) is 6.42 Å². The predicted octanol–water partition coefficient (Wildman–Crippen LogP) is 3.03. The van der Waals surface area contributed by atoms with Crippen LogP contribution in [0.25, 0.3) is 21.9 Å². The molecule has 0 saturated carbocycles. The van der Waals surface area contributed by atoms with Crippen LogP contribution in [-0.2, 0) is 11.2 Å². The minimum Gasteiger partial charge on any atom is -0.310 e. The van der Waals surface area contributed by atoms with Crippen LogP contribution in [0, 0.1) is 12.7 Å². The van der Waals surface area contributed by atoms with Gasteiger partial charge in [0.25, 0.3) is 5.56 Å². The minimum atomic E-state index is -0.375. The maximum atomic E-state index is 13.3. The Kier molecular flexibility index (Phi) is 4.21. The number of hydrogen-bond acceptors (Lipinski definition) is 5. The first-order chi connectivity index (χ1) is 14.5. The van der Waals surface area contributed by atoms with Crippen molar-refractivity contribution >= 4 is 33.7 Å². The molecule has 0 aliphatic carbocycles. The number of amides is 1. The maximum absolute atomic E-state index is 13.3. The lowest BCUT2D eigenvalue weighted by Gasteiger charge is -2.09. The molecule has 0 aliphatic rings. The van der Waals surface area contributed by atoms with Crippen molar-refractivity contribution in [2.24, 2.45) is 0 Å². The number of H-pyrrole nitrogens is 1. The monoisotopic (exact) mass is 422 g/mol. The molecule has 0 spiro atoms. The highest BCUT2D eigenvalue weighted by Crippen LogP contribution is 2.31. The van der Waals surface area contributed by atoms with Crippen LogP contribution in [0.15, 0.2) is 52.9 Å². The third kappa shape index (κ3) is 2.98. The van der Waals surface area contributed by atoms with E-state index in [2.05, 4.69) is 20.4 Å². The van der Waals surface area contributed by atoms with Crippen molar-refractivity contribution in [1.82, 2.24) is 24.0 Å². The first-order valence-electron chi connectivity index (χ1n) is 9.08. The van der Waals surface area contributed by atoms with Gasteiger partial charge in [-0.2, -0.15) is 0 Å². The molecular weight excluding hydrogens is 407 g/mol. The van der Waals surface area contributed by atoms with E-state index < -0.39 is 0 Å². The second kappa shape index (κ2) is 6.92. The lowest BCUT2D eigenvalue weighted by atomic mass is 10.1. The Morgan fingerprint density at radius 2 is 2.03 bits per heavy atom. The zero-order valence-electron chi connectivity index (χ0n) is 15.7. The summed E-state index contributed by atoms with van der Waals surface area (Å²) in [5.41, 5.74) is 2.20. The van der Waals surface area contributed by atoms with Crippen molar-refractivity contribution in [3.8, 4) is 11.3 Å². The van der Waals surface area contributed by atoms with Gasteiger partial charge in [-0.1, -0.05) is 0 Å². The Balaban J connectivity index is 1.51. The fourth-order valence-electron chi connectivity index (χ4n) is 3.36. The number of fused-ring (bicyclic) bond motifs is 2. The summed E-state index contributed by atoms with van der Waals surface area (Å²) in [6, 6.07) is 7.59. The molecule has 1 aromatic carbocycles. The molecule has 10 heteroatoms. The fourth-order valence-corrected chi connectivity index (χ4v) is 4.07. The van der Waals surface area contributed by atoms with Crippen molar-refractivity contribution in [2.75, 3.05) is 5.32 Å². The average molecular weight is 422 g/mol. The maximum Gasteiger partial charge on any atom is 0.276 e. The van der Waals surface area contributed by atoms with E-state index in [4.69, 9.17) is 0 Å². The van der Waals surface area contributed by atoms with E-state index in [0.29, 0.717) is 38.9 Å². The number of rotatable bonds is 4. The average Bonchev–Trinajstić information content (AvgIpc) is 3.43. The molecule has 0 atom stereocenters. The molecule has 0 radical (unpaired) electrons. The SMILES string of the molecule is Cc1nc2cc[nH]n2c(=O)c1CC(=O)Nc1c(-c2ccc(F)cc2)nc2sccn12. The molecule has 30 heavy (non-hydrogen) atoms. The molecule has 0 saturated heterocycles. The minimum absolute atomic E-state index is 0.139.